The molecule has 84 heavy (non-hydrogen) atoms. The molecule has 454 valence electrons. The molecule has 0 bridgehead atoms. The van der Waals surface area contributed by atoms with Crippen LogP contribution in [0.25, 0.3) is 22.4 Å². The number of nitrogens with one attached hydrogen (secondary N) is 2. The van der Waals surface area contributed by atoms with Gasteiger partial charge in [-0.05, 0) is 149 Å². The SMILES string of the molecule is Cc1c(S(C)(=O)=O)c(-c2cc(F)cc(N3CCN(c4ccc(NS(=O)(=O)c5ccc(N[C@H](CCN6CCC(C(=O)OCCP(=O)(O)O)CC6)CSc6ccccc6F)c(S(=O)(=O)C(F)(F)F)c5)cc4)CC3)c2)c(-c2ccc(Cl)cc2)n1C(C)C. The van der Waals surface area contributed by atoms with Crippen molar-refractivity contribution >= 4 is 89.4 Å². The Labute approximate surface area is 494 Å². The number of alkyl halides is 3. The van der Waals surface area contributed by atoms with Crippen LogP contribution in [-0.4, -0.2) is 133 Å². The zero-order valence-corrected chi connectivity index (χ0v) is 50.9. The number of ether oxygens (including phenoxy) is 1. The van der Waals surface area contributed by atoms with Crippen molar-refractivity contribution in [2.45, 2.75) is 77.2 Å². The maximum atomic E-state index is 15.8. The van der Waals surface area contributed by atoms with E-state index in [0.717, 1.165) is 30.2 Å². The Morgan fingerprint density at radius 2 is 1.45 bits per heavy atom. The lowest BCUT2D eigenvalue weighted by Crippen LogP contribution is -2.46. The van der Waals surface area contributed by atoms with E-state index < -0.39 is 101 Å². The van der Waals surface area contributed by atoms with Crippen molar-refractivity contribution < 1.29 is 71.1 Å². The minimum atomic E-state index is -6.20. The summed E-state index contributed by atoms with van der Waals surface area (Å²) in [6.45, 7) is 7.85. The van der Waals surface area contributed by atoms with Gasteiger partial charge in [-0.15, -0.1) is 11.8 Å². The van der Waals surface area contributed by atoms with Gasteiger partial charge in [0.1, 0.15) is 23.1 Å². The molecule has 1 atom stereocenters. The maximum absolute atomic E-state index is 15.8. The fraction of sp³-hybridized carbons (Fsp3) is 0.375. The maximum Gasteiger partial charge on any atom is 0.501 e. The lowest BCUT2D eigenvalue weighted by Gasteiger charge is -2.37. The number of halogens is 6. The Morgan fingerprint density at radius 1 is 0.821 bits per heavy atom. The number of likely N-dealkylation sites (tertiary alicyclic amines) is 1. The van der Waals surface area contributed by atoms with Crippen LogP contribution >= 0.6 is 31.0 Å². The Balaban J connectivity index is 0.965. The summed E-state index contributed by atoms with van der Waals surface area (Å²) >= 11 is 7.27. The highest BCUT2D eigenvalue weighted by molar-refractivity contribution is 7.99. The van der Waals surface area contributed by atoms with Crippen LogP contribution < -0.4 is 19.8 Å². The van der Waals surface area contributed by atoms with Gasteiger partial charge < -0.3 is 39.1 Å². The molecule has 0 radical (unpaired) electrons. The fourth-order valence-corrected chi connectivity index (χ4v) is 15.2. The monoisotopic (exact) mass is 1280 g/mol. The number of sulfone groups is 2. The molecule has 6 aromatic rings. The molecule has 2 aliphatic rings. The van der Waals surface area contributed by atoms with Gasteiger partial charge in [0.25, 0.3) is 19.9 Å². The molecule has 0 spiro atoms. The van der Waals surface area contributed by atoms with Gasteiger partial charge in [0, 0.05) is 95.1 Å². The van der Waals surface area contributed by atoms with Crippen molar-refractivity contribution in [3.8, 4) is 22.4 Å². The summed E-state index contributed by atoms with van der Waals surface area (Å²) in [4.78, 5) is 34.8. The predicted molar refractivity (Wildman–Crippen MR) is 316 cm³/mol. The second-order valence-electron chi connectivity index (χ2n) is 20.9. The van der Waals surface area contributed by atoms with Crippen LogP contribution in [0.1, 0.15) is 44.8 Å². The Bertz CT molecular complexity index is 3770. The average Bonchev–Trinajstić information content (AvgIpc) is 1.76. The number of sulfonamides is 1. The lowest BCUT2D eigenvalue weighted by atomic mass is 9.97. The first-order valence-electron chi connectivity index (χ1n) is 26.6. The summed E-state index contributed by atoms with van der Waals surface area (Å²) in [6.07, 6.45) is 1.35. The number of aromatic nitrogens is 1. The molecule has 28 heteroatoms. The highest BCUT2D eigenvalue weighted by Gasteiger charge is 2.48. The molecule has 1 aromatic heterocycles. The van der Waals surface area contributed by atoms with E-state index in [2.05, 4.69) is 10.0 Å². The van der Waals surface area contributed by atoms with Crippen LogP contribution in [0.4, 0.5) is 44.7 Å². The lowest BCUT2D eigenvalue weighted by molar-refractivity contribution is -0.149. The minimum absolute atomic E-state index is 0.00568. The van der Waals surface area contributed by atoms with E-state index in [4.69, 9.17) is 26.1 Å². The van der Waals surface area contributed by atoms with Crippen LogP contribution in [0.2, 0.25) is 5.02 Å². The third kappa shape index (κ3) is 15.5. The molecule has 17 nitrogen and oxygen atoms in total. The number of piperazine rings is 1. The quantitative estimate of drug-likeness (QED) is 0.0215. The third-order valence-corrected chi connectivity index (χ3v) is 20.9. The van der Waals surface area contributed by atoms with Gasteiger partial charge in [-0.2, -0.15) is 13.2 Å². The summed E-state index contributed by atoms with van der Waals surface area (Å²) in [5.41, 5.74) is -2.67. The van der Waals surface area contributed by atoms with Crippen molar-refractivity contribution in [1.29, 1.82) is 0 Å². The van der Waals surface area contributed by atoms with E-state index in [0.29, 0.717) is 103 Å². The highest BCUT2D eigenvalue weighted by atomic mass is 35.5. The van der Waals surface area contributed by atoms with Crippen molar-refractivity contribution in [2.75, 3.05) is 90.4 Å². The van der Waals surface area contributed by atoms with Crippen LogP contribution in [0.3, 0.4) is 0 Å². The smallest absolute Gasteiger partial charge is 0.465 e. The van der Waals surface area contributed by atoms with Crippen molar-refractivity contribution in [2.24, 2.45) is 5.92 Å². The van der Waals surface area contributed by atoms with Gasteiger partial charge in [0.05, 0.1) is 33.3 Å². The number of hydrogen-bond acceptors (Lipinski definition) is 14. The highest BCUT2D eigenvalue weighted by Crippen LogP contribution is 2.45. The zero-order chi connectivity index (χ0) is 61.1. The molecule has 0 saturated carbocycles. The van der Waals surface area contributed by atoms with Crippen LogP contribution in [0, 0.1) is 24.5 Å². The Hall–Kier alpha value is -5.70. The standard InChI is InChI=1S/C56H63ClF5N6O11PS4/c1-36(2)68-37(3)54(82(4,73)74)52(53(68)38-9-11-41(57)12-10-38)40-31-42(58)33-46(32-40)67-27-25-66(26-28-67)45-15-13-43(14-16-45)64-84(77,78)47-17-18-49(51(34-47)83(75,76)56(60,61)62)63-44(35-81-50-8-6-5-7-48(50)59)21-24-65-22-19-39(20-23-65)55(69)79-29-30-80(70,71)72/h5-18,31-34,36,39,44,63-64H,19-30,35H2,1-4H3,(H2,70,71,72)/t44-/m1/s1. The van der Waals surface area contributed by atoms with E-state index in [1.165, 1.54) is 42.5 Å². The fourth-order valence-electron chi connectivity index (χ4n) is 10.4. The van der Waals surface area contributed by atoms with Crippen LogP contribution in [0.5, 0.6) is 0 Å². The first kappa shape index (κ1) is 64.3. The number of benzene rings is 5. The molecule has 3 heterocycles. The summed E-state index contributed by atoms with van der Waals surface area (Å²) in [5, 5.41) is 3.37. The Morgan fingerprint density at radius 3 is 2.05 bits per heavy atom. The van der Waals surface area contributed by atoms with Crippen molar-refractivity contribution in [3.05, 3.63) is 132 Å². The van der Waals surface area contributed by atoms with Gasteiger partial charge in [0.15, 0.2) is 9.84 Å². The zero-order valence-electron chi connectivity index (χ0n) is 46.0. The molecule has 4 N–H and O–H groups in total. The normalized spacial score (nSPS) is 15.6. The van der Waals surface area contributed by atoms with Gasteiger partial charge >= 0.3 is 19.1 Å². The molecule has 0 amide bonds. The van der Waals surface area contributed by atoms with Gasteiger partial charge in [-0.25, -0.2) is 34.0 Å². The van der Waals surface area contributed by atoms with E-state index in [1.54, 1.807) is 55.5 Å². The second kappa shape index (κ2) is 26.1. The predicted octanol–water partition coefficient (Wildman–Crippen LogP) is 10.9. The van der Waals surface area contributed by atoms with Crippen LogP contribution in [0.15, 0.2) is 129 Å². The van der Waals surface area contributed by atoms with E-state index in [9.17, 15) is 52.2 Å². The van der Waals surface area contributed by atoms with Gasteiger partial charge in [-0.1, -0.05) is 35.9 Å². The molecule has 0 aliphatic carbocycles. The minimum Gasteiger partial charge on any atom is -0.465 e. The number of rotatable bonds is 22. The summed E-state index contributed by atoms with van der Waals surface area (Å²) < 4.78 is 176. The molecule has 8 rings (SSSR count). The number of hydrogen-bond donors (Lipinski definition) is 4. The number of thioether (sulfide) groups is 1. The molecule has 2 fully saturated rings. The summed E-state index contributed by atoms with van der Waals surface area (Å²) in [5.74, 6) is -2.26. The van der Waals surface area contributed by atoms with E-state index >= 15 is 4.39 Å². The van der Waals surface area contributed by atoms with Crippen molar-refractivity contribution in [3.63, 3.8) is 0 Å². The molecule has 2 aliphatic heterocycles. The first-order valence-corrected chi connectivity index (χ1v) is 34.6. The molecule has 2 saturated heterocycles. The number of nitrogens with zero attached hydrogens (tertiary/aromatic N) is 4. The summed E-state index contributed by atoms with van der Waals surface area (Å²) in [6, 6.07) is 24.7. The third-order valence-electron chi connectivity index (χ3n) is 14.5. The first-order chi connectivity index (χ1) is 39.4. The van der Waals surface area contributed by atoms with Gasteiger partial charge in [-0.3, -0.25) is 14.1 Å². The molecule has 0 unspecified atom stereocenters. The topological polar surface area (TPSA) is 225 Å². The number of carbonyl (C=O) groups excluding carboxylic acids is 1. The number of piperidine rings is 1. The number of anilines is 4. The molecular formula is C56H63ClF5N6O11PS4. The van der Waals surface area contributed by atoms with Crippen molar-refractivity contribution in [1.82, 2.24) is 9.47 Å². The van der Waals surface area contributed by atoms with E-state index in [1.807, 2.05) is 33.1 Å². The van der Waals surface area contributed by atoms with Crippen LogP contribution in [-0.2, 0) is 43.8 Å². The average molecular weight is 1290 g/mol. The number of carbonyl (C=O) groups is 1. The molecule has 5 aromatic carbocycles. The number of esters is 1. The van der Waals surface area contributed by atoms with Gasteiger partial charge in [0.2, 0.25) is 0 Å². The Kier molecular flexibility index (Phi) is 20.0. The largest absolute Gasteiger partial charge is 0.501 e. The summed E-state index contributed by atoms with van der Waals surface area (Å²) in [7, 11) is -19.2. The molecular weight excluding hydrogens is 1220 g/mol. The second-order valence-corrected chi connectivity index (χ2v) is 29.7. The van der Waals surface area contributed by atoms with E-state index in [-0.39, 0.29) is 40.2 Å².